The predicted molar refractivity (Wildman–Crippen MR) is 142 cm³/mol. The van der Waals surface area contributed by atoms with Gasteiger partial charge in [-0.05, 0) is 48.2 Å². The number of benzene rings is 2. The van der Waals surface area contributed by atoms with E-state index < -0.39 is 6.04 Å². The van der Waals surface area contributed by atoms with Crippen LogP contribution in [0.3, 0.4) is 0 Å². The summed E-state index contributed by atoms with van der Waals surface area (Å²) in [5.41, 5.74) is 2.72. The topological polar surface area (TPSA) is 82.9 Å². The lowest BCUT2D eigenvalue weighted by atomic mass is 10.0. The molecule has 0 saturated carbocycles. The maximum atomic E-state index is 13.6. The molecule has 1 aliphatic rings. The zero-order valence-electron chi connectivity index (χ0n) is 21.4. The monoisotopic (exact) mass is 501 g/mol. The fourth-order valence-electron chi connectivity index (χ4n) is 4.60. The minimum absolute atomic E-state index is 0.140. The van der Waals surface area contributed by atoms with Crippen molar-refractivity contribution >= 4 is 17.7 Å². The molecule has 1 aromatic heterocycles. The Morgan fingerprint density at radius 3 is 2.19 bits per heavy atom. The van der Waals surface area contributed by atoms with Crippen LogP contribution in [-0.2, 0) is 17.6 Å². The number of piperazine rings is 1. The number of hydrogen-bond donors (Lipinski definition) is 1. The van der Waals surface area contributed by atoms with E-state index in [1.807, 2.05) is 54.6 Å². The zero-order valence-corrected chi connectivity index (χ0v) is 21.4. The molecule has 7 nitrogen and oxygen atoms in total. The third-order valence-electron chi connectivity index (χ3n) is 6.78. The molecule has 37 heavy (non-hydrogen) atoms. The summed E-state index contributed by atoms with van der Waals surface area (Å²) >= 11 is 0. The SMILES string of the molecule is CCCCCc1ccc(C(=O)NC(Cc2ccccc2)C(=O)N2CCN(C(=O)c3ccco3)CC2)cc1. The van der Waals surface area contributed by atoms with Gasteiger partial charge in [0.2, 0.25) is 5.91 Å². The van der Waals surface area contributed by atoms with Gasteiger partial charge in [0, 0.05) is 38.2 Å². The zero-order chi connectivity index (χ0) is 26.0. The largest absolute Gasteiger partial charge is 0.459 e. The van der Waals surface area contributed by atoms with Crippen LogP contribution < -0.4 is 5.32 Å². The first kappa shape index (κ1) is 26.2. The Bertz CT molecular complexity index is 1150. The van der Waals surface area contributed by atoms with Crippen LogP contribution in [0.4, 0.5) is 0 Å². The van der Waals surface area contributed by atoms with Gasteiger partial charge < -0.3 is 19.5 Å². The highest BCUT2D eigenvalue weighted by Crippen LogP contribution is 2.14. The van der Waals surface area contributed by atoms with E-state index in [-0.39, 0.29) is 17.7 Å². The van der Waals surface area contributed by atoms with Crippen molar-refractivity contribution in [1.82, 2.24) is 15.1 Å². The van der Waals surface area contributed by atoms with E-state index in [1.54, 1.807) is 21.9 Å². The van der Waals surface area contributed by atoms with E-state index in [2.05, 4.69) is 12.2 Å². The molecule has 7 heteroatoms. The molecule has 194 valence electrons. The van der Waals surface area contributed by atoms with Crippen molar-refractivity contribution in [3.63, 3.8) is 0 Å². The van der Waals surface area contributed by atoms with Crippen molar-refractivity contribution < 1.29 is 18.8 Å². The molecule has 3 amide bonds. The molecule has 2 aromatic carbocycles. The quantitative estimate of drug-likeness (QED) is 0.419. The van der Waals surface area contributed by atoms with Crippen LogP contribution in [0.1, 0.15) is 58.2 Å². The summed E-state index contributed by atoms with van der Waals surface area (Å²) in [5.74, 6) is -0.283. The lowest BCUT2D eigenvalue weighted by Gasteiger charge is -2.36. The van der Waals surface area contributed by atoms with Gasteiger partial charge in [-0.1, -0.05) is 62.2 Å². The Morgan fingerprint density at radius 2 is 1.54 bits per heavy atom. The molecule has 1 N–H and O–H groups in total. The summed E-state index contributed by atoms with van der Waals surface area (Å²) in [6.07, 6.45) is 6.37. The molecular formula is C30H35N3O4. The van der Waals surface area contributed by atoms with Crippen LogP contribution in [0, 0.1) is 0 Å². The highest BCUT2D eigenvalue weighted by atomic mass is 16.3. The number of carbonyl (C=O) groups is 3. The second kappa shape index (κ2) is 12.9. The lowest BCUT2D eigenvalue weighted by Crippen LogP contribution is -2.56. The van der Waals surface area contributed by atoms with Gasteiger partial charge in [0.25, 0.3) is 11.8 Å². The summed E-state index contributed by atoms with van der Waals surface area (Å²) in [7, 11) is 0. The summed E-state index contributed by atoms with van der Waals surface area (Å²) in [4.78, 5) is 42.7. The van der Waals surface area contributed by atoms with Crippen LogP contribution in [0.25, 0.3) is 0 Å². The van der Waals surface area contributed by atoms with Gasteiger partial charge in [0.15, 0.2) is 5.76 Å². The first-order valence-electron chi connectivity index (χ1n) is 13.1. The second-order valence-electron chi connectivity index (χ2n) is 9.46. The molecule has 0 radical (unpaired) electrons. The minimum atomic E-state index is -0.702. The first-order valence-corrected chi connectivity index (χ1v) is 13.1. The third kappa shape index (κ3) is 7.09. The average molecular weight is 502 g/mol. The number of furan rings is 1. The average Bonchev–Trinajstić information content (AvgIpc) is 3.48. The molecule has 3 aromatic rings. The number of nitrogens with one attached hydrogen (secondary N) is 1. The number of amides is 3. The summed E-state index contributed by atoms with van der Waals surface area (Å²) in [6, 6.07) is 20.0. The molecule has 1 atom stereocenters. The summed E-state index contributed by atoms with van der Waals surface area (Å²) < 4.78 is 5.23. The molecule has 0 spiro atoms. The van der Waals surface area contributed by atoms with Crippen LogP contribution in [-0.4, -0.2) is 59.7 Å². The van der Waals surface area contributed by atoms with Gasteiger partial charge in [-0.25, -0.2) is 0 Å². The van der Waals surface area contributed by atoms with Crippen molar-refractivity contribution in [3.05, 3.63) is 95.4 Å². The van der Waals surface area contributed by atoms with E-state index in [0.29, 0.717) is 43.9 Å². The Kier molecular flexibility index (Phi) is 9.13. The standard InChI is InChI=1S/C30H35N3O4/c1-2-3-5-9-23-13-15-25(16-14-23)28(34)31-26(22-24-10-6-4-7-11-24)29(35)32-17-19-33(20-18-32)30(36)27-12-8-21-37-27/h4,6-8,10-16,21,26H,2-3,5,9,17-20,22H2,1H3,(H,31,34). The molecule has 1 saturated heterocycles. The van der Waals surface area contributed by atoms with Crippen molar-refractivity contribution in [2.45, 2.75) is 45.1 Å². The number of unbranched alkanes of at least 4 members (excludes halogenated alkanes) is 2. The van der Waals surface area contributed by atoms with Crippen molar-refractivity contribution in [1.29, 1.82) is 0 Å². The van der Waals surface area contributed by atoms with Gasteiger partial charge in [-0.2, -0.15) is 0 Å². The molecule has 1 unspecified atom stereocenters. The van der Waals surface area contributed by atoms with E-state index in [0.717, 1.165) is 18.4 Å². The van der Waals surface area contributed by atoms with Gasteiger partial charge in [0.05, 0.1) is 6.26 Å². The Balaban J connectivity index is 1.41. The first-order chi connectivity index (χ1) is 18.0. The van der Waals surface area contributed by atoms with Gasteiger partial charge in [-0.15, -0.1) is 0 Å². The Morgan fingerprint density at radius 1 is 0.838 bits per heavy atom. The smallest absolute Gasteiger partial charge is 0.289 e. The van der Waals surface area contributed by atoms with Crippen LogP contribution >= 0.6 is 0 Å². The van der Waals surface area contributed by atoms with Crippen molar-refractivity contribution in [3.8, 4) is 0 Å². The number of hydrogen-bond acceptors (Lipinski definition) is 4. The van der Waals surface area contributed by atoms with E-state index in [1.165, 1.54) is 24.7 Å². The third-order valence-corrected chi connectivity index (χ3v) is 6.78. The van der Waals surface area contributed by atoms with E-state index in [9.17, 15) is 14.4 Å². The van der Waals surface area contributed by atoms with Gasteiger partial charge in [-0.3, -0.25) is 14.4 Å². The van der Waals surface area contributed by atoms with Crippen molar-refractivity contribution in [2.75, 3.05) is 26.2 Å². The highest BCUT2D eigenvalue weighted by Gasteiger charge is 2.31. The lowest BCUT2D eigenvalue weighted by molar-refractivity contribution is -0.134. The molecule has 0 bridgehead atoms. The molecule has 0 aliphatic carbocycles. The Labute approximate surface area is 218 Å². The van der Waals surface area contributed by atoms with Crippen molar-refractivity contribution in [2.24, 2.45) is 0 Å². The predicted octanol–water partition coefficient (Wildman–Crippen LogP) is 4.34. The molecule has 1 aliphatic heterocycles. The Hall–Kier alpha value is -3.87. The number of aryl methyl sites for hydroxylation is 1. The molecule has 4 rings (SSSR count). The minimum Gasteiger partial charge on any atom is -0.459 e. The maximum Gasteiger partial charge on any atom is 0.289 e. The summed E-state index contributed by atoms with van der Waals surface area (Å²) in [5, 5.41) is 2.98. The van der Waals surface area contributed by atoms with E-state index >= 15 is 0 Å². The van der Waals surface area contributed by atoms with Crippen LogP contribution in [0.2, 0.25) is 0 Å². The number of rotatable bonds is 10. The molecular weight excluding hydrogens is 466 g/mol. The normalized spacial score (nSPS) is 14.3. The fourth-order valence-corrected chi connectivity index (χ4v) is 4.60. The molecule has 1 fully saturated rings. The number of nitrogens with zero attached hydrogens (tertiary/aromatic N) is 2. The molecule has 2 heterocycles. The summed E-state index contributed by atoms with van der Waals surface area (Å²) in [6.45, 7) is 3.81. The second-order valence-corrected chi connectivity index (χ2v) is 9.46. The van der Waals surface area contributed by atoms with Crippen LogP contribution in [0.15, 0.2) is 77.4 Å². The fraction of sp³-hybridized carbons (Fsp3) is 0.367. The van der Waals surface area contributed by atoms with Crippen LogP contribution in [0.5, 0.6) is 0 Å². The van der Waals surface area contributed by atoms with Gasteiger partial charge in [0.1, 0.15) is 6.04 Å². The number of carbonyl (C=O) groups excluding carboxylic acids is 3. The highest BCUT2D eigenvalue weighted by molar-refractivity contribution is 5.97. The van der Waals surface area contributed by atoms with Gasteiger partial charge >= 0.3 is 0 Å². The maximum absolute atomic E-state index is 13.6. The van der Waals surface area contributed by atoms with E-state index in [4.69, 9.17) is 4.42 Å².